The number of H-pyrrole nitrogens is 1. The Bertz CT molecular complexity index is 798. The zero-order valence-electron chi connectivity index (χ0n) is 13.5. The quantitative estimate of drug-likeness (QED) is 0.652. The third-order valence-electron chi connectivity index (χ3n) is 4.27. The first-order chi connectivity index (χ1) is 11.9. The van der Waals surface area contributed by atoms with E-state index in [1.807, 2.05) is 0 Å². The SMILES string of the molecule is C1=c2nc(N/N=C\c3ccc(N4CCOCC4)cc3)[nH]c2=CCC1. The van der Waals surface area contributed by atoms with Gasteiger partial charge in [-0.3, -0.25) is 0 Å². The molecule has 1 saturated heterocycles. The molecule has 0 unspecified atom stereocenters. The first-order valence-corrected chi connectivity index (χ1v) is 8.37. The van der Waals surface area contributed by atoms with Crippen molar-refractivity contribution in [3.63, 3.8) is 0 Å². The number of hydrogen-bond acceptors (Lipinski definition) is 5. The average molecular weight is 323 g/mol. The molecule has 2 aliphatic rings. The molecule has 0 spiro atoms. The molecule has 1 aromatic heterocycles. The normalized spacial score (nSPS) is 17.2. The molecule has 6 heteroatoms. The highest BCUT2D eigenvalue weighted by molar-refractivity contribution is 5.80. The highest BCUT2D eigenvalue weighted by Crippen LogP contribution is 2.15. The zero-order chi connectivity index (χ0) is 16.2. The summed E-state index contributed by atoms with van der Waals surface area (Å²) in [6, 6.07) is 8.40. The van der Waals surface area contributed by atoms with Crippen LogP contribution in [0.5, 0.6) is 0 Å². The van der Waals surface area contributed by atoms with E-state index in [4.69, 9.17) is 4.74 Å². The summed E-state index contributed by atoms with van der Waals surface area (Å²) < 4.78 is 5.39. The van der Waals surface area contributed by atoms with E-state index in [1.165, 1.54) is 5.69 Å². The standard InChI is InChI=1S/C18H21N5O/c1-2-4-17-16(3-1)20-18(21-17)22-19-13-14-5-7-15(8-6-14)23-9-11-24-12-10-23/h3-8,13H,1-2,9-12H2,(H2,20,21,22)/b19-13-. The summed E-state index contributed by atoms with van der Waals surface area (Å²) in [5.41, 5.74) is 5.24. The predicted octanol–water partition coefficient (Wildman–Crippen LogP) is 1.05. The number of nitrogens with one attached hydrogen (secondary N) is 2. The van der Waals surface area contributed by atoms with Gasteiger partial charge in [0.05, 0.1) is 30.1 Å². The van der Waals surface area contributed by atoms with Crippen LogP contribution in [0.1, 0.15) is 18.4 Å². The second-order valence-electron chi connectivity index (χ2n) is 5.93. The van der Waals surface area contributed by atoms with Crippen molar-refractivity contribution in [2.24, 2.45) is 5.10 Å². The van der Waals surface area contributed by atoms with E-state index in [0.717, 1.165) is 55.4 Å². The van der Waals surface area contributed by atoms with Crippen LogP contribution in [-0.4, -0.2) is 42.5 Å². The van der Waals surface area contributed by atoms with Gasteiger partial charge in [-0.25, -0.2) is 10.4 Å². The zero-order valence-corrected chi connectivity index (χ0v) is 13.5. The maximum atomic E-state index is 5.39. The topological polar surface area (TPSA) is 65.5 Å². The smallest absolute Gasteiger partial charge is 0.222 e. The lowest BCUT2D eigenvalue weighted by Gasteiger charge is -2.28. The van der Waals surface area contributed by atoms with E-state index in [0.29, 0.717) is 5.95 Å². The molecule has 6 nitrogen and oxygen atoms in total. The maximum Gasteiger partial charge on any atom is 0.222 e. The largest absolute Gasteiger partial charge is 0.378 e. The number of anilines is 2. The van der Waals surface area contributed by atoms with Gasteiger partial charge in [0, 0.05) is 18.8 Å². The molecular weight excluding hydrogens is 302 g/mol. The molecule has 1 aliphatic heterocycles. The summed E-state index contributed by atoms with van der Waals surface area (Å²) in [6.07, 6.45) is 8.23. The first kappa shape index (κ1) is 15.0. The number of fused-ring (bicyclic) bond motifs is 1. The molecule has 2 heterocycles. The van der Waals surface area contributed by atoms with E-state index in [-0.39, 0.29) is 0 Å². The Morgan fingerprint density at radius 3 is 2.71 bits per heavy atom. The molecule has 1 fully saturated rings. The van der Waals surface area contributed by atoms with Gasteiger partial charge in [-0.1, -0.05) is 24.3 Å². The second kappa shape index (κ2) is 6.88. The van der Waals surface area contributed by atoms with Crippen LogP contribution in [0.25, 0.3) is 12.2 Å². The molecule has 0 bridgehead atoms. The fourth-order valence-electron chi connectivity index (χ4n) is 2.97. The third kappa shape index (κ3) is 3.33. The highest BCUT2D eigenvalue weighted by Gasteiger charge is 2.10. The summed E-state index contributed by atoms with van der Waals surface area (Å²) >= 11 is 0. The summed E-state index contributed by atoms with van der Waals surface area (Å²) in [6.45, 7) is 3.50. The lowest BCUT2D eigenvalue weighted by molar-refractivity contribution is 0.122. The number of imidazole rings is 1. The molecule has 0 saturated carbocycles. The molecule has 1 aliphatic carbocycles. The number of ether oxygens (including phenoxy) is 1. The number of nitrogens with zero attached hydrogens (tertiary/aromatic N) is 3. The molecule has 124 valence electrons. The Morgan fingerprint density at radius 1 is 1.12 bits per heavy atom. The molecule has 1 aromatic carbocycles. The van der Waals surface area contributed by atoms with Crippen LogP contribution in [0.15, 0.2) is 29.4 Å². The number of aromatic nitrogens is 2. The van der Waals surface area contributed by atoms with Gasteiger partial charge < -0.3 is 14.6 Å². The minimum Gasteiger partial charge on any atom is -0.378 e. The number of benzene rings is 1. The fraction of sp³-hybridized carbons (Fsp3) is 0.333. The number of hydrazone groups is 1. The molecule has 2 N–H and O–H groups in total. The number of morpholine rings is 1. The maximum absolute atomic E-state index is 5.39. The molecular formula is C18H21N5O. The van der Waals surface area contributed by atoms with Crippen molar-refractivity contribution in [3.05, 3.63) is 40.5 Å². The van der Waals surface area contributed by atoms with Gasteiger partial charge in [-0.2, -0.15) is 5.10 Å². The third-order valence-corrected chi connectivity index (χ3v) is 4.27. The lowest BCUT2D eigenvalue weighted by Crippen LogP contribution is -2.36. The van der Waals surface area contributed by atoms with Gasteiger partial charge in [0.15, 0.2) is 0 Å². The van der Waals surface area contributed by atoms with Crippen molar-refractivity contribution in [1.82, 2.24) is 9.97 Å². The van der Waals surface area contributed by atoms with Gasteiger partial charge in [0.25, 0.3) is 0 Å². The van der Waals surface area contributed by atoms with Crippen LogP contribution in [0.3, 0.4) is 0 Å². The highest BCUT2D eigenvalue weighted by atomic mass is 16.5. The van der Waals surface area contributed by atoms with Crippen LogP contribution in [0.4, 0.5) is 11.6 Å². The van der Waals surface area contributed by atoms with E-state index >= 15 is 0 Å². The van der Waals surface area contributed by atoms with E-state index in [1.54, 1.807) is 6.21 Å². The van der Waals surface area contributed by atoms with Gasteiger partial charge in [-0.15, -0.1) is 0 Å². The number of hydrogen-bond donors (Lipinski definition) is 2. The van der Waals surface area contributed by atoms with E-state index < -0.39 is 0 Å². The van der Waals surface area contributed by atoms with Crippen molar-refractivity contribution in [2.45, 2.75) is 12.8 Å². The summed E-state index contributed by atoms with van der Waals surface area (Å²) in [5, 5.41) is 6.35. The van der Waals surface area contributed by atoms with Crippen LogP contribution in [-0.2, 0) is 4.74 Å². The molecule has 0 radical (unpaired) electrons. The monoisotopic (exact) mass is 323 g/mol. The minimum absolute atomic E-state index is 0.676. The Hall–Kier alpha value is -2.60. The van der Waals surface area contributed by atoms with Gasteiger partial charge in [0.1, 0.15) is 0 Å². The van der Waals surface area contributed by atoms with Gasteiger partial charge in [0.2, 0.25) is 5.95 Å². The van der Waals surface area contributed by atoms with Crippen LogP contribution in [0.2, 0.25) is 0 Å². The van der Waals surface area contributed by atoms with Crippen LogP contribution in [0, 0.1) is 0 Å². The van der Waals surface area contributed by atoms with Crippen molar-refractivity contribution >= 4 is 30.0 Å². The van der Waals surface area contributed by atoms with Crippen molar-refractivity contribution < 1.29 is 4.74 Å². The predicted molar refractivity (Wildman–Crippen MR) is 96.7 cm³/mol. The first-order valence-electron chi connectivity index (χ1n) is 8.37. The molecule has 0 amide bonds. The summed E-state index contributed by atoms with van der Waals surface area (Å²) in [7, 11) is 0. The number of rotatable bonds is 4. The number of aromatic amines is 1. The Balaban J connectivity index is 1.40. The van der Waals surface area contributed by atoms with Crippen molar-refractivity contribution in [1.29, 1.82) is 0 Å². The van der Waals surface area contributed by atoms with E-state index in [9.17, 15) is 0 Å². The van der Waals surface area contributed by atoms with Crippen molar-refractivity contribution in [2.75, 3.05) is 36.6 Å². The molecule has 4 rings (SSSR count). The lowest BCUT2D eigenvalue weighted by atomic mass is 10.2. The van der Waals surface area contributed by atoms with Crippen LogP contribution >= 0.6 is 0 Å². The summed E-state index contributed by atoms with van der Waals surface area (Å²) in [5.74, 6) is 0.676. The Kier molecular flexibility index (Phi) is 4.29. The Labute approximate surface area is 140 Å². The molecule has 2 aromatic rings. The van der Waals surface area contributed by atoms with Crippen LogP contribution < -0.4 is 21.0 Å². The fourth-order valence-corrected chi connectivity index (χ4v) is 2.97. The molecule has 24 heavy (non-hydrogen) atoms. The van der Waals surface area contributed by atoms with Gasteiger partial charge >= 0.3 is 0 Å². The Morgan fingerprint density at radius 2 is 1.92 bits per heavy atom. The summed E-state index contributed by atoms with van der Waals surface area (Å²) in [4.78, 5) is 10.0. The second-order valence-corrected chi connectivity index (χ2v) is 5.93. The van der Waals surface area contributed by atoms with E-state index in [2.05, 4.69) is 61.8 Å². The average Bonchev–Trinajstić information content (AvgIpc) is 3.06. The molecule has 0 atom stereocenters. The van der Waals surface area contributed by atoms with Gasteiger partial charge in [-0.05, 0) is 30.5 Å². The minimum atomic E-state index is 0.676. The van der Waals surface area contributed by atoms with Crippen molar-refractivity contribution in [3.8, 4) is 0 Å².